The van der Waals surface area contributed by atoms with E-state index in [1.54, 1.807) is 26.0 Å². The number of carbonyl (C=O) groups is 5. The van der Waals surface area contributed by atoms with Gasteiger partial charge in [-0.05, 0) is 26.2 Å². The lowest BCUT2D eigenvalue weighted by molar-refractivity contribution is -0.424. The van der Waals surface area contributed by atoms with Gasteiger partial charge in [0.2, 0.25) is 5.79 Å². The van der Waals surface area contributed by atoms with E-state index in [0.29, 0.717) is 5.57 Å². The second-order valence-corrected chi connectivity index (χ2v) is 18.9. The Kier molecular flexibility index (Phi) is 18.3. The van der Waals surface area contributed by atoms with Crippen molar-refractivity contribution in [2.45, 2.75) is 185 Å². The smallest absolute Gasteiger partial charge is 0.331 e. The predicted octanol–water partition coefficient (Wildman–Crippen LogP) is 3.68. The molecular weight excluding hydrogens is 852 g/mol. The molecule has 4 aliphatic rings. The van der Waals surface area contributed by atoms with Crippen LogP contribution in [0, 0.1) is 16.7 Å². The minimum Gasteiger partial charge on any atom is -0.469 e. The van der Waals surface area contributed by atoms with E-state index < -0.39 is 138 Å². The van der Waals surface area contributed by atoms with Gasteiger partial charge in [0.25, 0.3) is 0 Å². The third kappa shape index (κ3) is 13.8. The lowest BCUT2D eigenvalue weighted by Gasteiger charge is -2.55. The molecule has 65 heavy (non-hydrogen) atoms. The van der Waals surface area contributed by atoms with Crippen molar-refractivity contribution in [2.24, 2.45) is 16.7 Å². The molecule has 18 nitrogen and oxygen atoms in total. The zero-order chi connectivity index (χ0) is 48.5. The lowest BCUT2D eigenvalue weighted by Crippen LogP contribution is -2.68. The summed E-state index contributed by atoms with van der Waals surface area (Å²) in [4.78, 5) is 64.9. The number of hydrogen-bond acceptors (Lipinski definition) is 18. The van der Waals surface area contributed by atoms with E-state index in [1.165, 1.54) is 53.0 Å². The second kappa shape index (κ2) is 22.2. The Labute approximate surface area is 380 Å². The van der Waals surface area contributed by atoms with E-state index in [1.807, 2.05) is 13.0 Å². The number of unbranched alkanes of at least 4 members (excludes halogenated alkanes) is 1. The van der Waals surface area contributed by atoms with Crippen molar-refractivity contribution in [3.63, 3.8) is 0 Å². The Hall–Kier alpha value is -4.01. The maximum absolute atomic E-state index is 13.5. The molecule has 0 aliphatic carbocycles. The van der Waals surface area contributed by atoms with Crippen molar-refractivity contribution in [3.05, 3.63) is 48.1 Å². The number of fused-ring (bicyclic) bond motifs is 6. The molecule has 12 atom stereocenters. The molecule has 3 saturated heterocycles. The molecule has 6 bridgehead atoms. The third-order valence-corrected chi connectivity index (χ3v) is 12.8. The van der Waals surface area contributed by atoms with E-state index in [0.717, 1.165) is 26.0 Å². The largest absolute Gasteiger partial charge is 0.469 e. The Morgan fingerprint density at radius 3 is 2.26 bits per heavy atom. The monoisotopic (exact) mass is 922 g/mol. The highest BCUT2D eigenvalue weighted by atomic mass is 16.7. The molecule has 0 radical (unpaired) electrons. The normalized spacial score (nSPS) is 37.1. The molecule has 0 saturated carbocycles. The molecule has 4 rings (SSSR count). The standard InChI is InChI=1S/C47H70O18/c1-10-11-12-13-14-15-38(51)63-42-31(21-40(53)59-9)25-45(55)27-36(28(2)48)62-41(54)23-32(50)22-34-24-37(60-29(3)49)44(6,7)46(56,64-34)26-35-19-30(20-39(52)58-8)18-33(61-35)16-17-43(4,5)47(42,57)65-45/h12-17,20,28,31-37,42,48,50,55-57H,10-11,18-19,21-27H2,1-9H3/b13-12+,15-14+,17-16+,30-20+/t28-,31?,32-,33+,34-,35+,36-,37+,42+,45+,46+,47-/m1/s1. The molecule has 1 unspecified atom stereocenters. The summed E-state index contributed by atoms with van der Waals surface area (Å²) in [5.41, 5.74) is -2.36. The van der Waals surface area contributed by atoms with Crippen LogP contribution in [-0.4, -0.2) is 136 Å². The maximum Gasteiger partial charge on any atom is 0.331 e. The van der Waals surface area contributed by atoms with E-state index in [-0.39, 0.29) is 32.1 Å². The molecule has 5 N–H and O–H groups in total. The van der Waals surface area contributed by atoms with Gasteiger partial charge in [0.05, 0.1) is 63.0 Å². The number of allylic oxidation sites excluding steroid dienone is 3. The van der Waals surface area contributed by atoms with Crippen LogP contribution in [0.1, 0.15) is 119 Å². The van der Waals surface area contributed by atoms with Gasteiger partial charge in [0.15, 0.2) is 17.7 Å². The molecule has 0 aromatic carbocycles. The van der Waals surface area contributed by atoms with Gasteiger partial charge in [0.1, 0.15) is 12.2 Å². The van der Waals surface area contributed by atoms with Gasteiger partial charge in [-0.25, -0.2) is 9.59 Å². The highest BCUT2D eigenvalue weighted by molar-refractivity contribution is 5.83. The van der Waals surface area contributed by atoms with Crippen LogP contribution >= 0.6 is 0 Å². The third-order valence-electron chi connectivity index (χ3n) is 12.8. The molecule has 4 aliphatic heterocycles. The van der Waals surface area contributed by atoms with Crippen molar-refractivity contribution in [1.29, 1.82) is 0 Å². The quantitative estimate of drug-likeness (QED) is 0.0688. The zero-order valence-electron chi connectivity index (χ0n) is 39.1. The fourth-order valence-corrected chi connectivity index (χ4v) is 9.01. The van der Waals surface area contributed by atoms with Crippen LogP contribution in [-0.2, 0) is 61.9 Å². The summed E-state index contributed by atoms with van der Waals surface area (Å²) in [6.45, 7) is 10.9. The van der Waals surface area contributed by atoms with Crippen LogP contribution in [0.5, 0.6) is 0 Å². The highest BCUT2D eigenvalue weighted by Gasteiger charge is 2.63. The molecule has 4 heterocycles. The number of esters is 5. The molecule has 0 spiro atoms. The van der Waals surface area contributed by atoms with Crippen molar-refractivity contribution in [1.82, 2.24) is 0 Å². The van der Waals surface area contributed by atoms with E-state index in [9.17, 15) is 49.5 Å². The fourth-order valence-electron chi connectivity index (χ4n) is 9.01. The average Bonchev–Trinajstić information content (AvgIpc) is 3.19. The van der Waals surface area contributed by atoms with Gasteiger partial charge in [0, 0.05) is 62.5 Å². The number of aliphatic hydroxyl groups is 5. The summed E-state index contributed by atoms with van der Waals surface area (Å²) < 4.78 is 46.4. The summed E-state index contributed by atoms with van der Waals surface area (Å²) in [6, 6.07) is 0. The highest BCUT2D eigenvalue weighted by Crippen LogP contribution is 2.52. The summed E-state index contributed by atoms with van der Waals surface area (Å²) in [6.07, 6.45) is 0.0179. The van der Waals surface area contributed by atoms with Crippen LogP contribution in [0.25, 0.3) is 0 Å². The summed E-state index contributed by atoms with van der Waals surface area (Å²) >= 11 is 0. The number of carbonyl (C=O) groups excluding carboxylic acids is 5. The Morgan fingerprint density at radius 1 is 0.923 bits per heavy atom. The number of aliphatic hydroxyl groups excluding tert-OH is 2. The first kappa shape index (κ1) is 53.6. The average molecular weight is 923 g/mol. The topological polar surface area (TPSA) is 260 Å². The number of rotatable bonds is 10. The molecule has 0 aromatic rings. The van der Waals surface area contributed by atoms with Gasteiger partial charge >= 0.3 is 29.8 Å². The van der Waals surface area contributed by atoms with Crippen molar-refractivity contribution in [2.75, 3.05) is 14.2 Å². The van der Waals surface area contributed by atoms with Gasteiger partial charge < -0.3 is 63.4 Å². The molecule has 3 fully saturated rings. The molecular formula is C47H70O18. The second-order valence-electron chi connectivity index (χ2n) is 18.9. The van der Waals surface area contributed by atoms with Gasteiger partial charge in [-0.2, -0.15) is 0 Å². The van der Waals surface area contributed by atoms with E-state index in [4.69, 9.17) is 37.9 Å². The summed E-state index contributed by atoms with van der Waals surface area (Å²) in [5.74, 6) is -12.4. The van der Waals surface area contributed by atoms with Crippen LogP contribution < -0.4 is 0 Å². The summed E-state index contributed by atoms with van der Waals surface area (Å²) in [5, 5.41) is 60.0. The number of ether oxygens (including phenoxy) is 8. The van der Waals surface area contributed by atoms with Gasteiger partial charge in [-0.3, -0.25) is 14.4 Å². The van der Waals surface area contributed by atoms with Crippen LogP contribution in [0.2, 0.25) is 0 Å². The first-order valence-electron chi connectivity index (χ1n) is 22.3. The number of methoxy groups -OCH3 is 2. The Balaban J connectivity index is 1.90. The van der Waals surface area contributed by atoms with Crippen LogP contribution in [0.3, 0.4) is 0 Å². The SMILES string of the molecule is CCC/C=C/C=C/C(=O)O[C@H]1C(CC(=O)OC)C[C@@]2(O)C[C@H]([C@@H](C)O)OC(=O)C[C@H](O)C[C@@H]3C[C@H](OC(C)=O)C(C)(C)[C@](O)(C[C@@H]4C/C(=C/C(=O)OC)C[C@H](/C=C/C(C)(C)[C@]1(O)O2)O4)O3. The number of hydrogen-bond donors (Lipinski definition) is 5. The maximum atomic E-state index is 13.5. The first-order chi connectivity index (χ1) is 30.3. The predicted molar refractivity (Wildman–Crippen MR) is 230 cm³/mol. The van der Waals surface area contributed by atoms with E-state index >= 15 is 0 Å². The van der Waals surface area contributed by atoms with Crippen LogP contribution in [0.15, 0.2) is 48.1 Å². The summed E-state index contributed by atoms with van der Waals surface area (Å²) in [7, 11) is 2.37. The Morgan fingerprint density at radius 2 is 1.63 bits per heavy atom. The first-order valence-corrected chi connectivity index (χ1v) is 22.3. The molecule has 366 valence electrons. The minimum atomic E-state index is -2.68. The fraction of sp³-hybridized carbons (Fsp3) is 0.723. The van der Waals surface area contributed by atoms with Crippen LogP contribution in [0.4, 0.5) is 0 Å². The van der Waals surface area contributed by atoms with Gasteiger partial charge in [-0.1, -0.05) is 77.0 Å². The molecule has 0 amide bonds. The molecule has 0 aromatic heterocycles. The Bertz CT molecular complexity index is 1820. The zero-order valence-corrected chi connectivity index (χ0v) is 39.1. The van der Waals surface area contributed by atoms with Crippen molar-refractivity contribution in [3.8, 4) is 0 Å². The van der Waals surface area contributed by atoms with Gasteiger partial charge in [-0.15, -0.1) is 0 Å². The number of cyclic esters (lactones) is 1. The lowest BCUT2D eigenvalue weighted by atomic mass is 9.70. The molecule has 18 heteroatoms. The van der Waals surface area contributed by atoms with Crippen molar-refractivity contribution < 1.29 is 87.4 Å². The minimum absolute atomic E-state index is 0.0411. The van der Waals surface area contributed by atoms with Crippen molar-refractivity contribution >= 4 is 29.8 Å². The van der Waals surface area contributed by atoms with E-state index in [2.05, 4.69) is 0 Å².